The molecule has 0 saturated heterocycles. The molecular weight excluding hydrogens is 352 g/mol. The number of hydrogen-bond donors (Lipinski definition) is 4. The maximum absolute atomic E-state index is 9.68. The lowest BCUT2D eigenvalue weighted by atomic mass is 9.87. The van der Waals surface area contributed by atoms with E-state index >= 15 is 0 Å². The molecule has 136 valence electrons. The standard InChI is InChI=1S/C21H16N6O/c22-9-13-14(23)7-12-18-11-4-2-1-3-10(11)5-6-15(18)28-21-19(12)20(13)26-16(24)8-17(25)27-21/h1-8,21,26H,23-24H2,(H2,25,27)/b16-8-. The summed E-state index contributed by atoms with van der Waals surface area (Å²) in [5.41, 5.74) is 21.8. The van der Waals surface area contributed by atoms with Crippen molar-refractivity contribution in [2.75, 3.05) is 11.1 Å². The van der Waals surface area contributed by atoms with Crippen LogP contribution in [-0.2, 0) is 0 Å². The van der Waals surface area contributed by atoms with E-state index in [1.54, 1.807) is 6.07 Å². The number of amidine groups is 1. The van der Waals surface area contributed by atoms with Crippen molar-refractivity contribution in [1.82, 2.24) is 0 Å². The predicted octanol–water partition coefficient (Wildman–Crippen LogP) is 2.93. The van der Waals surface area contributed by atoms with Crippen molar-refractivity contribution in [3.8, 4) is 22.9 Å². The number of nitrogens with two attached hydrogens (primary N) is 3. The molecule has 7 heteroatoms. The highest BCUT2D eigenvalue weighted by atomic mass is 16.5. The summed E-state index contributed by atoms with van der Waals surface area (Å²) in [6, 6.07) is 15.9. The van der Waals surface area contributed by atoms with E-state index < -0.39 is 6.23 Å². The summed E-state index contributed by atoms with van der Waals surface area (Å²) in [7, 11) is 0. The molecule has 5 rings (SSSR count). The van der Waals surface area contributed by atoms with Crippen LogP contribution in [0.2, 0.25) is 0 Å². The van der Waals surface area contributed by atoms with Crippen LogP contribution in [0.3, 0.4) is 0 Å². The zero-order chi connectivity index (χ0) is 19.4. The van der Waals surface area contributed by atoms with Gasteiger partial charge in [-0.3, -0.25) is 0 Å². The zero-order valence-electron chi connectivity index (χ0n) is 14.7. The molecule has 2 aliphatic heterocycles. The first kappa shape index (κ1) is 16.0. The minimum Gasteiger partial charge on any atom is -0.464 e. The molecule has 7 nitrogen and oxygen atoms in total. The number of rotatable bonds is 0. The number of ether oxygens (including phenoxy) is 1. The smallest absolute Gasteiger partial charge is 0.220 e. The Morgan fingerprint density at radius 3 is 2.75 bits per heavy atom. The average Bonchev–Trinajstić information content (AvgIpc) is 2.66. The number of benzene rings is 3. The second-order valence-corrected chi connectivity index (χ2v) is 6.70. The molecule has 0 aliphatic carbocycles. The van der Waals surface area contributed by atoms with Crippen LogP contribution in [0.5, 0.6) is 5.75 Å². The first-order valence-corrected chi connectivity index (χ1v) is 8.69. The highest BCUT2D eigenvalue weighted by Crippen LogP contribution is 2.51. The maximum Gasteiger partial charge on any atom is 0.220 e. The van der Waals surface area contributed by atoms with E-state index in [2.05, 4.69) is 16.4 Å². The minimum atomic E-state index is -0.719. The minimum absolute atomic E-state index is 0.228. The molecule has 0 saturated carbocycles. The summed E-state index contributed by atoms with van der Waals surface area (Å²) in [5, 5.41) is 14.8. The molecule has 0 bridgehead atoms. The molecule has 3 aromatic carbocycles. The van der Waals surface area contributed by atoms with Crippen molar-refractivity contribution in [2.45, 2.75) is 6.23 Å². The highest BCUT2D eigenvalue weighted by Gasteiger charge is 2.33. The summed E-state index contributed by atoms with van der Waals surface area (Å²) >= 11 is 0. The quantitative estimate of drug-likeness (QED) is 0.451. The Bertz CT molecular complexity index is 1270. The van der Waals surface area contributed by atoms with Crippen molar-refractivity contribution in [3.63, 3.8) is 0 Å². The van der Waals surface area contributed by atoms with E-state index in [4.69, 9.17) is 21.9 Å². The third-order valence-electron chi connectivity index (χ3n) is 4.99. The molecule has 0 amide bonds. The van der Waals surface area contributed by atoms with Crippen LogP contribution >= 0.6 is 0 Å². The Labute approximate surface area is 160 Å². The fourth-order valence-electron chi connectivity index (χ4n) is 3.84. The first-order chi connectivity index (χ1) is 13.6. The van der Waals surface area contributed by atoms with Gasteiger partial charge in [0.1, 0.15) is 23.5 Å². The van der Waals surface area contributed by atoms with Gasteiger partial charge in [0.2, 0.25) is 6.23 Å². The molecule has 2 aliphatic rings. The SMILES string of the molecule is N#Cc1c(N)cc2c3c1N/C(N)=C\C(N)=N/C3Oc1ccc3ccccc3c1-2. The predicted molar refractivity (Wildman–Crippen MR) is 109 cm³/mol. The molecule has 28 heavy (non-hydrogen) atoms. The van der Waals surface area contributed by atoms with Crippen LogP contribution in [0, 0.1) is 11.3 Å². The van der Waals surface area contributed by atoms with Gasteiger partial charge in [-0.05, 0) is 28.5 Å². The van der Waals surface area contributed by atoms with Gasteiger partial charge in [-0.1, -0.05) is 30.3 Å². The Morgan fingerprint density at radius 1 is 1.11 bits per heavy atom. The lowest BCUT2D eigenvalue weighted by Gasteiger charge is -2.31. The monoisotopic (exact) mass is 368 g/mol. The van der Waals surface area contributed by atoms with Gasteiger partial charge < -0.3 is 27.3 Å². The number of anilines is 2. The second-order valence-electron chi connectivity index (χ2n) is 6.70. The molecule has 2 heterocycles. The van der Waals surface area contributed by atoms with Crippen LogP contribution in [0.25, 0.3) is 21.9 Å². The lowest BCUT2D eigenvalue weighted by Crippen LogP contribution is -2.25. The van der Waals surface area contributed by atoms with Gasteiger partial charge in [0.15, 0.2) is 0 Å². The Balaban J connectivity index is 1.94. The number of hydrogen-bond acceptors (Lipinski definition) is 7. The van der Waals surface area contributed by atoms with Crippen LogP contribution in [0.1, 0.15) is 17.4 Å². The third-order valence-corrected chi connectivity index (χ3v) is 4.99. The largest absolute Gasteiger partial charge is 0.464 e. The normalized spacial score (nSPS) is 20.6. The van der Waals surface area contributed by atoms with Crippen LogP contribution in [0.15, 0.2) is 59.4 Å². The van der Waals surface area contributed by atoms with Crippen LogP contribution in [0.4, 0.5) is 11.4 Å². The average molecular weight is 368 g/mol. The van der Waals surface area contributed by atoms with Crippen LogP contribution in [-0.4, -0.2) is 5.84 Å². The van der Waals surface area contributed by atoms with E-state index in [0.717, 1.165) is 21.9 Å². The highest BCUT2D eigenvalue weighted by molar-refractivity contribution is 6.04. The molecule has 1 atom stereocenters. The van der Waals surface area contributed by atoms with Crippen molar-refractivity contribution >= 4 is 28.0 Å². The molecule has 0 radical (unpaired) electrons. The molecule has 3 aromatic rings. The Hall–Kier alpha value is -4.18. The third kappa shape index (κ3) is 2.18. The summed E-state index contributed by atoms with van der Waals surface area (Å²) in [5.74, 6) is 1.18. The topological polar surface area (TPSA) is 135 Å². The number of nitrogens with zero attached hydrogens (tertiary/aromatic N) is 2. The summed E-state index contributed by atoms with van der Waals surface area (Å²) < 4.78 is 6.20. The summed E-state index contributed by atoms with van der Waals surface area (Å²) in [6.45, 7) is 0. The van der Waals surface area contributed by atoms with Crippen molar-refractivity contribution in [3.05, 3.63) is 65.5 Å². The fourth-order valence-corrected chi connectivity index (χ4v) is 3.84. The van der Waals surface area contributed by atoms with E-state index in [1.807, 2.05) is 36.4 Å². The number of nitriles is 1. The fraction of sp³-hybridized carbons (Fsp3) is 0.0476. The van der Waals surface area contributed by atoms with Gasteiger partial charge in [0.25, 0.3) is 0 Å². The van der Waals surface area contributed by atoms with Gasteiger partial charge in [-0.25, -0.2) is 4.99 Å². The van der Waals surface area contributed by atoms with E-state index in [9.17, 15) is 5.26 Å². The van der Waals surface area contributed by atoms with Gasteiger partial charge in [-0.15, -0.1) is 0 Å². The zero-order valence-corrected chi connectivity index (χ0v) is 14.7. The number of nitrogen functional groups attached to an aromatic ring is 1. The van der Waals surface area contributed by atoms with Gasteiger partial charge in [0.05, 0.1) is 16.9 Å². The first-order valence-electron chi connectivity index (χ1n) is 8.69. The summed E-state index contributed by atoms with van der Waals surface area (Å²) in [6.07, 6.45) is 0.773. The molecule has 0 aromatic heterocycles. The van der Waals surface area contributed by atoms with Crippen molar-refractivity contribution in [2.24, 2.45) is 16.5 Å². The number of aliphatic imine (C=N–C) groups is 1. The second kappa shape index (κ2) is 5.66. The van der Waals surface area contributed by atoms with Gasteiger partial charge >= 0.3 is 0 Å². The number of fused-ring (bicyclic) bond motifs is 4. The van der Waals surface area contributed by atoms with Crippen LogP contribution < -0.4 is 27.3 Å². The van der Waals surface area contributed by atoms with Crippen molar-refractivity contribution in [1.29, 1.82) is 5.26 Å². The molecule has 0 fully saturated rings. The lowest BCUT2D eigenvalue weighted by molar-refractivity contribution is 0.214. The van der Waals surface area contributed by atoms with Gasteiger partial charge in [-0.2, -0.15) is 5.26 Å². The Morgan fingerprint density at radius 2 is 1.93 bits per heavy atom. The van der Waals surface area contributed by atoms with E-state index in [0.29, 0.717) is 28.3 Å². The van der Waals surface area contributed by atoms with E-state index in [-0.39, 0.29) is 11.7 Å². The Kier molecular flexibility index (Phi) is 3.24. The summed E-state index contributed by atoms with van der Waals surface area (Å²) in [4.78, 5) is 4.47. The molecular formula is C21H16N6O. The molecule has 1 unspecified atom stereocenters. The maximum atomic E-state index is 9.68. The molecule has 0 spiro atoms. The number of nitrogens with one attached hydrogen (secondary N) is 1. The van der Waals surface area contributed by atoms with Crippen molar-refractivity contribution < 1.29 is 4.74 Å². The molecule has 7 N–H and O–H groups in total. The van der Waals surface area contributed by atoms with E-state index in [1.165, 1.54) is 6.08 Å². The van der Waals surface area contributed by atoms with Gasteiger partial charge in [0, 0.05) is 17.2 Å².